The van der Waals surface area contributed by atoms with Gasteiger partial charge in [-0.15, -0.1) is 0 Å². The topological polar surface area (TPSA) is 93.6 Å². The minimum atomic E-state index is -0.346. The maximum Gasteiger partial charge on any atom is 0.328 e. The zero-order valence-corrected chi connectivity index (χ0v) is 37.2. The number of carbonyl (C=O) groups is 1. The largest absolute Gasteiger partial charge is 0.466 e. The summed E-state index contributed by atoms with van der Waals surface area (Å²) in [5.74, 6) is -0.0362. The number of hydrogen-bond donors (Lipinski definition) is 1. The maximum atomic E-state index is 12.2. The molecule has 56 heavy (non-hydrogen) atoms. The Labute approximate surface area is 345 Å². The van der Waals surface area contributed by atoms with Crippen molar-refractivity contribution in [3.63, 3.8) is 0 Å². The first-order valence-electron chi connectivity index (χ1n) is 24.3. The Hall–Kier alpha value is -1.93. The second kappa shape index (κ2) is 39.9. The molecular formula is C48H91N3O5. The molecule has 8 heteroatoms. The first-order valence-corrected chi connectivity index (χ1v) is 24.3. The smallest absolute Gasteiger partial charge is 0.328 e. The van der Waals surface area contributed by atoms with Crippen LogP contribution in [0, 0.1) is 0 Å². The molecule has 1 heterocycles. The van der Waals surface area contributed by atoms with Crippen molar-refractivity contribution in [1.29, 1.82) is 0 Å². The number of esters is 1. The molecule has 0 bridgehead atoms. The quantitative estimate of drug-likeness (QED) is 0.0523. The Bertz CT molecular complexity index is 1090. The van der Waals surface area contributed by atoms with Gasteiger partial charge in [0, 0.05) is 31.8 Å². The molecule has 0 aromatic carbocycles. The van der Waals surface area contributed by atoms with Gasteiger partial charge in [-0.1, -0.05) is 175 Å². The van der Waals surface area contributed by atoms with Crippen LogP contribution < -0.4 is 11.2 Å². The normalized spacial score (nSPS) is 11.7. The summed E-state index contributed by atoms with van der Waals surface area (Å²) in [5.41, 5.74) is -0.673. The van der Waals surface area contributed by atoms with E-state index in [0.29, 0.717) is 25.7 Å². The number of nitrogens with one attached hydrogen (secondary N) is 1. The lowest BCUT2D eigenvalue weighted by Crippen LogP contribution is -2.31. The number of nitrogens with zero attached hydrogens (tertiary/aromatic N) is 2. The molecule has 0 aliphatic rings. The van der Waals surface area contributed by atoms with Gasteiger partial charge in [-0.3, -0.25) is 14.6 Å². The zero-order valence-electron chi connectivity index (χ0n) is 37.2. The molecule has 1 aromatic rings. The van der Waals surface area contributed by atoms with Crippen LogP contribution in [0.1, 0.15) is 233 Å². The number of carbonyl (C=O) groups excluding carboxylic acids is 1. The average molecular weight is 790 g/mol. The standard InChI is InChI=1S/C48H91N3O5/c1-4-7-10-13-19-26-34-45(35-27-20-14-11-8-5-2)55-43-31-25-17-16-22-29-38-50(40-33-41-51-42-37-46(52)49-48(51)54)39-30-23-18-21-28-36-47(53)56-44-32-24-15-12-9-6-3/h37,42,45H,4-36,38-41,43-44H2,1-3H3,(H,49,52,54). The third-order valence-electron chi connectivity index (χ3n) is 11.4. The van der Waals surface area contributed by atoms with Crippen LogP contribution in [0.25, 0.3) is 0 Å². The summed E-state index contributed by atoms with van der Waals surface area (Å²) in [7, 11) is 0. The van der Waals surface area contributed by atoms with Crippen LogP contribution in [0.2, 0.25) is 0 Å². The molecule has 0 amide bonds. The highest BCUT2D eigenvalue weighted by Crippen LogP contribution is 2.18. The fourth-order valence-electron chi connectivity index (χ4n) is 7.71. The molecule has 1 aromatic heterocycles. The van der Waals surface area contributed by atoms with Crippen molar-refractivity contribution in [3.8, 4) is 0 Å². The van der Waals surface area contributed by atoms with E-state index in [9.17, 15) is 14.4 Å². The van der Waals surface area contributed by atoms with Crippen molar-refractivity contribution in [2.75, 3.05) is 32.8 Å². The van der Waals surface area contributed by atoms with Gasteiger partial charge in [0.15, 0.2) is 0 Å². The van der Waals surface area contributed by atoms with Crippen LogP contribution in [0.3, 0.4) is 0 Å². The van der Waals surface area contributed by atoms with Gasteiger partial charge in [0.2, 0.25) is 0 Å². The molecule has 0 fully saturated rings. The average Bonchev–Trinajstić information content (AvgIpc) is 3.19. The summed E-state index contributed by atoms with van der Waals surface area (Å²) in [4.78, 5) is 40.6. The lowest BCUT2D eigenvalue weighted by atomic mass is 10.0. The minimum absolute atomic E-state index is 0.0362. The van der Waals surface area contributed by atoms with Crippen LogP contribution in [0.4, 0.5) is 0 Å². The summed E-state index contributed by atoms with van der Waals surface area (Å²) < 4.78 is 13.5. The Morgan fingerprint density at radius 1 is 0.571 bits per heavy atom. The predicted octanol–water partition coefficient (Wildman–Crippen LogP) is 12.7. The van der Waals surface area contributed by atoms with E-state index in [4.69, 9.17) is 9.47 Å². The number of rotatable bonds is 43. The van der Waals surface area contributed by atoms with Crippen LogP contribution in [0.5, 0.6) is 0 Å². The molecule has 1 rings (SSSR count). The van der Waals surface area contributed by atoms with E-state index in [0.717, 1.165) is 71.2 Å². The fourth-order valence-corrected chi connectivity index (χ4v) is 7.71. The van der Waals surface area contributed by atoms with E-state index < -0.39 is 0 Å². The lowest BCUT2D eigenvalue weighted by Gasteiger charge is -2.22. The summed E-state index contributed by atoms with van der Waals surface area (Å²) in [6.07, 6.45) is 42.4. The first kappa shape index (κ1) is 52.1. The fraction of sp³-hybridized carbons (Fsp3) is 0.896. The van der Waals surface area contributed by atoms with Gasteiger partial charge < -0.3 is 18.9 Å². The number of unbranched alkanes of at least 4 members (excludes halogenated alkanes) is 24. The van der Waals surface area contributed by atoms with Gasteiger partial charge in [-0.05, 0) is 71.0 Å². The summed E-state index contributed by atoms with van der Waals surface area (Å²) in [6.45, 7) is 12.0. The molecule has 1 N–H and O–H groups in total. The van der Waals surface area contributed by atoms with Gasteiger partial charge in [0.1, 0.15) is 0 Å². The molecule has 8 nitrogen and oxygen atoms in total. The number of aromatic amines is 1. The number of aryl methyl sites for hydroxylation is 1. The molecule has 0 saturated carbocycles. The van der Waals surface area contributed by atoms with Gasteiger partial charge in [-0.2, -0.15) is 0 Å². The van der Waals surface area contributed by atoms with Gasteiger partial charge in [-0.25, -0.2) is 4.79 Å². The third-order valence-corrected chi connectivity index (χ3v) is 11.4. The van der Waals surface area contributed by atoms with Crippen LogP contribution >= 0.6 is 0 Å². The van der Waals surface area contributed by atoms with E-state index >= 15 is 0 Å². The highest BCUT2D eigenvalue weighted by atomic mass is 16.5. The summed E-state index contributed by atoms with van der Waals surface area (Å²) >= 11 is 0. The van der Waals surface area contributed by atoms with Crippen molar-refractivity contribution in [2.45, 2.75) is 245 Å². The molecule has 0 aliphatic heterocycles. The molecule has 0 saturated heterocycles. The van der Waals surface area contributed by atoms with Crippen molar-refractivity contribution in [3.05, 3.63) is 33.1 Å². The van der Waals surface area contributed by atoms with E-state index in [2.05, 4.69) is 30.7 Å². The second-order valence-electron chi connectivity index (χ2n) is 16.7. The highest BCUT2D eigenvalue weighted by Gasteiger charge is 2.10. The molecule has 0 radical (unpaired) electrons. The summed E-state index contributed by atoms with van der Waals surface area (Å²) in [5, 5.41) is 0. The third kappa shape index (κ3) is 33.1. The van der Waals surface area contributed by atoms with Gasteiger partial charge >= 0.3 is 11.7 Å². The molecule has 0 unspecified atom stereocenters. The molecule has 0 spiro atoms. The van der Waals surface area contributed by atoms with E-state index in [1.54, 1.807) is 10.8 Å². The van der Waals surface area contributed by atoms with E-state index in [-0.39, 0.29) is 17.2 Å². The number of hydrogen-bond acceptors (Lipinski definition) is 6. The second-order valence-corrected chi connectivity index (χ2v) is 16.7. The monoisotopic (exact) mass is 790 g/mol. The Balaban J connectivity index is 2.31. The molecule has 0 aliphatic carbocycles. The molecular weight excluding hydrogens is 699 g/mol. The van der Waals surface area contributed by atoms with E-state index in [1.807, 2.05) is 0 Å². The number of ether oxygens (including phenoxy) is 2. The van der Waals surface area contributed by atoms with Crippen molar-refractivity contribution in [2.24, 2.45) is 0 Å². The van der Waals surface area contributed by atoms with Crippen molar-refractivity contribution < 1.29 is 14.3 Å². The zero-order chi connectivity index (χ0) is 40.6. The molecule has 328 valence electrons. The number of H-pyrrole nitrogens is 1. The Morgan fingerprint density at radius 2 is 1.02 bits per heavy atom. The predicted molar refractivity (Wildman–Crippen MR) is 238 cm³/mol. The van der Waals surface area contributed by atoms with Crippen molar-refractivity contribution >= 4 is 5.97 Å². The lowest BCUT2D eigenvalue weighted by molar-refractivity contribution is -0.143. The maximum absolute atomic E-state index is 12.2. The first-order chi connectivity index (χ1) is 27.5. The van der Waals surface area contributed by atoms with Crippen LogP contribution in [-0.4, -0.2) is 59.4 Å². The summed E-state index contributed by atoms with van der Waals surface area (Å²) in [6, 6.07) is 1.42. The van der Waals surface area contributed by atoms with Crippen LogP contribution in [-0.2, 0) is 20.8 Å². The molecule has 0 atom stereocenters. The Kier molecular flexibility index (Phi) is 37.1. The van der Waals surface area contributed by atoms with E-state index in [1.165, 1.54) is 167 Å². The Morgan fingerprint density at radius 3 is 1.55 bits per heavy atom. The van der Waals surface area contributed by atoms with Gasteiger partial charge in [0.05, 0.1) is 12.7 Å². The van der Waals surface area contributed by atoms with Gasteiger partial charge in [0.25, 0.3) is 5.56 Å². The van der Waals surface area contributed by atoms with Crippen molar-refractivity contribution in [1.82, 2.24) is 14.5 Å². The highest BCUT2D eigenvalue weighted by molar-refractivity contribution is 5.69. The number of aromatic nitrogens is 2. The SMILES string of the molecule is CCCCCCCCOC(=O)CCCCCCCN(CCCCCCCCOC(CCCCCCCC)CCCCCCCC)CCCn1ccc(=O)[nH]c1=O. The van der Waals surface area contributed by atoms with Crippen LogP contribution in [0.15, 0.2) is 21.9 Å². The minimum Gasteiger partial charge on any atom is -0.466 e.